The fourth-order valence-electron chi connectivity index (χ4n) is 1.78. The van der Waals surface area contributed by atoms with Crippen LogP contribution in [0.4, 0.5) is 4.39 Å². The molecule has 0 fully saturated rings. The van der Waals surface area contributed by atoms with E-state index in [9.17, 15) is 9.18 Å². The number of carbonyl (C=O) groups excluding carboxylic acids is 1. The van der Waals surface area contributed by atoms with Gasteiger partial charge in [0.25, 0.3) is 0 Å². The molecule has 0 saturated carbocycles. The summed E-state index contributed by atoms with van der Waals surface area (Å²) in [4.78, 5) is 11.3. The van der Waals surface area contributed by atoms with Gasteiger partial charge in [0.15, 0.2) is 0 Å². The molecule has 96 valence electrons. The number of alkyl halides is 1. The molecular formula is C13H14FNO2S. The molecular weight excluding hydrogens is 253 g/mol. The Balaban J connectivity index is 2.28. The molecule has 2 rings (SSSR count). The number of benzene rings is 1. The molecule has 0 aliphatic carbocycles. The fourth-order valence-corrected chi connectivity index (χ4v) is 2.79. The van der Waals surface area contributed by atoms with Crippen molar-refractivity contribution in [2.24, 2.45) is 5.73 Å². The largest absolute Gasteiger partial charge is 0.464 e. The van der Waals surface area contributed by atoms with Crippen molar-refractivity contribution in [1.29, 1.82) is 0 Å². The number of ether oxygens (including phenoxy) is 1. The predicted octanol–water partition coefficient (Wildman–Crippen LogP) is 2.80. The standard InChI is InChI=1S/C13H14FNO2S/c1-2-17-13(16)11(14)12(15)9-7-18-10-6-4-3-5-8(9)10/h3-7,11-12H,2,15H2,1H3/t11?,12-/m0/s1. The normalized spacial score (nSPS) is 14.4. The summed E-state index contributed by atoms with van der Waals surface area (Å²) in [6.45, 7) is 1.78. The first-order valence-electron chi connectivity index (χ1n) is 5.67. The SMILES string of the molecule is CCOC(=O)C(F)[C@@H](N)c1csc2ccccc12. The third-order valence-corrected chi connectivity index (χ3v) is 3.68. The molecule has 0 radical (unpaired) electrons. The van der Waals surface area contributed by atoms with Crippen LogP contribution in [0.3, 0.4) is 0 Å². The molecule has 1 aromatic carbocycles. The molecule has 2 aromatic rings. The van der Waals surface area contributed by atoms with Gasteiger partial charge in [0.2, 0.25) is 6.17 Å². The second-order valence-electron chi connectivity index (χ2n) is 3.87. The third-order valence-electron chi connectivity index (χ3n) is 2.70. The number of hydrogen-bond acceptors (Lipinski definition) is 4. The van der Waals surface area contributed by atoms with Gasteiger partial charge in [-0.3, -0.25) is 0 Å². The molecule has 5 heteroatoms. The van der Waals surface area contributed by atoms with Gasteiger partial charge in [-0.05, 0) is 29.3 Å². The molecule has 0 aliphatic rings. The third kappa shape index (κ3) is 2.37. The highest BCUT2D eigenvalue weighted by atomic mass is 32.1. The van der Waals surface area contributed by atoms with E-state index < -0.39 is 18.2 Å². The van der Waals surface area contributed by atoms with Crippen LogP contribution >= 0.6 is 11.3 Å². The van der Waals surface area contributed by atoms with E-state index in [0.29, 0.717) is 5.56 Å². The minimum atomic E-state index is -1.83. The summed E-state index contributed by atoms with van der Waals surface area (Å²) >= 11 is 1.49. The Morgan fingerprint density at radius 1 is 1.50 bits per heavy atom. The Hall–Kier alpha value is -1.46. The molecule has 2 atom stereocenters. The molecule has 0 aliphatic heterocycles. The van der Waals surface area contributed by atoms with E-state index >= 15 is 0 Å². The zero-order valence-corrected chi connectivity index (χ0v) is 10.7. The Bertz CT molecular complexity index is 555. The molecule has 18 heavy (non-hydrogen) atoms. The van der Waals surface area contributed by atoms with Gasteiger partial charge < -0.3 is 10.5 Å². The van der Waals surface area contributed by atoms with Crippen molar-refractivity contribution in [3.05, 3.63) is 35.2 Å². The molecule has 2 N–H and O–H groups in total. The first-order valence-corrected chi connectivity index (χ1v) is 6.55. The number of rotatable bonds is 4. The lowest BCUT2D eigenvalue weighted by atomic mass is 10.0. The number of thiophene rings is 1. The average Bonchev–Trinajstić information content (AvgIpc) is 2.81. The molecule has 0 saturated heterocycles. The second-order valence-corrected chi connectivity index (χ2v) is 4.78. The van der Waals surface area contributed by atoms with E-state index in [1.807, 2.05) is 24.3 Å². The van der Waals surface area contributed by atoms with Crippen LogP contribution < -0.4 is 5.73 Å². The highest BCUT2D eigenvalue weighted by Gasteiger charge is 2.29. The highest BCUT2D eigenvalue weighted by Crippen LogP contribution is 2.31. The topological polar surface area (TPSA) is 52.3 Å². The van der Waals surface area contributed by atoms with Crippen LogP contribution in [0.2, 0.25) is 0 Å². The van der Waals surface area contributed by atoms with Crippen molar-refractivity contribution in [3.8, 4) is 0 Å². The van der Waals surface area contributed by atoms with Crippen molar-refractivity contribution >= 4 is 27.4 Å². The first kappa shape index (κ1) is 13.0. The number of hydrogen-bond donors (Lipinski definition) is 1. The van der Waals surface area contributed by atoms with Crippen LogP contribution in [0, 0.1) is 0 Å². The minimum Gasteiger partial charge on any atom is -0.464 e. The average molecular weight is 267 g/mol. The lowest BCUT2D eigenvalue weighted by Crippen LogP contribution is -2.31. The Kier molecular flexibility index (Phi) is 3.93. The Morgan fingerprint density at radius 2 is 2.22 bits per heavy atom. The summed E-state index contributed by atoms with van der Waals surface area (Å²) in [5.41, 5.74) is 6.46. The summed E-state index contributed by atoms with van der Waals surface area (Å²) in [7, 11) is 0. The van der Waals surface area contributed by atoms with Gasteiger partial charge in [0, 0.05) is 4.70 Å². The van der Waals surface area contributed by atoms with Crippen LogP contribution in [0.5, 0.6) is 0 Å². The smallest absolute Gasteiger partial charge is 0.342 e. The minimum absolute atomic E-state index is 0.149. The quantitative estimate of drug-likeness (QED) is 0.867. The molecule has 1 unspecified atom stereocenters. The Labute approximate surface area is 108 Å². The first-order chi connectivity index (χ1) is 8.65. The van der Waals surface area contributed by atoms with Gasteiger partial charge in [-0.1, -0.05) is 18.2 Å². The van der Waals surface area contributed by atoms with Crippen molar-refractivity contribution in [2.75, 3.05) is 6.61 Å². The van der Waals surface area contributed by atoms with Gasteiger partial charge in [-0.2, -0.15) is 0 Å². The maximum absolute atomic E-state index is 13.9. The van der Waals surface area contributed by atoms with Crippen molar-refractivity contribution < 1.29 is 13.9 Å². The summed E-state index contributed by atoms with van der Waals surface area (Å²) in [6.07, 6.45) is -1.83. The van der Waals surface area contributed by atoms with E-state index in [-0.39, 0.29) is 6.61 Å². The van der Waals surface area contributed by atoms with E-state index in [1.165, 1.54) is 11.3 Å². The molecule has 0 amide bonds. The number of nitrogens with two attached hydrogens (primary N) is 1. The molecule has 0 bridgehead atoms. The Morgan fingerprint density at radius 3 is 2.94 bits per heavy atom. The summed E-state index contributed by atoms with van der Waals surface area (Å²) in [6, 6.07) is 6.60. The summed E-state index contributed by atoms with van der Waals surface area (Å²) in [5.74, 6) is -0.903. The van der Waals surface area contributed by atoms with Crippen LogP contribution in [0.1, 0.15) is 18.5 Å². The zero-order valence-electron chi connectivity index (χ0n) is 9.93. The number of carbonyl (C=O) groups is 1. The predicted molar refractivity (Wildman–Crippen MR) is 70.3 cm³/mol. The van der Waals surface area contributed by atoms with Crippen LogP contribution in [0.15, 0.2) is 29.6 Å². The van der Waals surface area contributed by atoms with Gasteiger partial charge in [-0.25, -0.2) is 9.18 Å². The van der Waals surface area contributed by atoms with E-state index in [2.05, 4.69) is 4.74 Å². The van der Waals surface area contributed by atoms with Crippen molar-refractivity contribution in [3.63, 3.8) is 0 Å². The lowest BCUT2D eigenvalue weighted by Gasteiger charge is -2.15. The van der Waals surface area contributed by atoms with E-state index in [1.54, 1.807) is 12.3 Å². The number of halogens is 1. The fraction of sp³-hybridized carbons (Fsp3) is 0.308. The molecule has 0 spiro atoms. The second kappa shape index (κ2) is 5.46. The monoisotopic (exact) mass is 267 g/mol. The number of fused-ring (bicyclic) bond motifs is 1. The van der Waals surface area contributed by atoms with Crippen LogP contribution in [0.25, 0.3) is 10.1 Å². The van der Waals surface area contributed by atoms with Crippen LogP contribution in [-0.2, 0) is 9.53 Å². The van der Waals surface area contributed by atoms with Gasteiger partial charge in [0.05, 0.1) is 12.6 Å². The lowest BCUT2D eigenvalue weighted by molar-refractivity contribution is -0.149. The maximum atomic E-state index is 13.9. The maximum Gasteiger partial charge on any atom is 0.342 e. The number of esters is 1. The highest BCUT2D eigenvalue weighted by molar-refractivity contribution is 7.17. The van der Waals surface area contributed by atoms with Crippen molar-refractivity contribution in [1.82, 2.24) is 0 Å². The van der Waals surface area contributed by atoms with Gasteiger partial charge >= 0.3 is 5.97 Å². The molecule has 1 heterocycles. The van der Waals surface area contributed by atoms with E-state index in [0.717, 1.165) is 10.1 Å². The van der Waals surface area contributed by atoms with Crippen molar-refractivity contribution in [2.45, 2.75) is 19.1 Å². The summed E-state index contributed by atoms with van der Waals surface area (Å²) < 4.78 is 19.5. The van der Waals surface area contributed by atoms with Gasteiger partial charge in [-0.15, -0.1) is 11.3 Å². The molecule has 1 aromatic heterocycles. The van der Waals surface area contributed by atoms with Crippen LogP contribution in [-0.4, -0.2) is 18.7 Å². The van der Waals surface area contributed by atoms with Gasteiger partial charge in [0.1, 0.15) is 0 Å². The summed E-state index contributed by atoms with van der Waals surface area (Å²) in [5, 5.41) is 2.68. The molecule has 3 nitrogen and oxygen atoms in total. The van der Waals surface area contributed by atoms with E-state index in [4.69, 9.17) is 5.73 Å². The zero-order chi connectivity index (χ0) is 13.1.